The number of aromatic nitrogens is 4. The van der Waals surface area contributed by atoms with Crippen molar-refractivity contribution in [1.82, 2.24) is 25.1 Å². The Balaban J connectivity index is 1.70. The Morgan fingerprint density at radius 2 is 1.96 bits per heavy atom. The number of nitrogens with one attached hydrogen (secondary N) is 1. The second kappa shape index (κ2) is 9.14. The number of carbonyl (C=O) groups is 1. The minimum Gasteiger partial charge on any atom is -0.351 e. The Bertz CT molecular complexity index is 895. The van der Waals surface area contributed by atoms with E-state index in [0.29, 0.717) is 18.2 Å². The average molecular weight is 379 g/mol. The number of thioether (sulfide) groups is 1. The van der Waals surface area contributed by atoms with Crippen molar-refractivity contribution in [3.63, 3.8) is 0 Å². The number of pyridine rings is 1. The van der Waals surface area contributed by atoms with Crippen molar-refractivity contribution < 1.29 is 4.79 Å². The topological polar surface area (TPSA) is 72.7 Å². The molecule has 0 aliphatic heterocycles. The van der Waals surface area contributed by atoms with Gasteiger partial charge in [-0.25, -0.2) is 0 Å². The molecule has 0 radical (unpaired) electrons. The minimum absolute atomic E-state index is 0.0394. The summed E-state index contributed by atoms with van der Waals surface area (Å²) in [6, 6.07) is 13.6. The molecular weight excluding hydrogens is 358 g/mol. The van der Waals surface area contributed by atoms with E-state index in [4.69, 9.17) is 0 Å². The van der Waals surface area contributed by atoms with Crippen molar-refractivity contribution in [3.05, 3.63) is 73.1 Å². The molecule has 2 heterocycles. The van der Waals surface area contributed by atoms with Crippen LogP contribution in [-0.4, -0.2) is 30.9 Å². The number of amides is 1. The molecule has 0 fully saturated rings. The molecule has 0 aliphatic rings. The molecule has 7 heteroatoms. The van der Waals surface area contributed by atoms with E-state index in [0.717, 1.165) is 17.0 Å². The largest absolute Gasteiger partial charge is 0.351 e. The zero-order chi connectivity index (χ0) is 19.1. The first-order valence-electron chi connectivity index (χ1n) is 8.62. The van der Waals surface area contributed by atoms with Crippen LogP contribution < -0.4 is 5.32 Å². The number of allylic oxidation sites excluding steroid dienone is 1. The highest BCUT2D eigenvalue weighted by molar-refractivity contribution is 8.00. The van der Waals surface area contributed by atoms with Crippen molar-refractivity contribution >= 4 is 17.7 Å². The smallest absolute Gasteiger partial charge is 0.233 e. The predicted octanol–water partition coefficient (Wildman–Crippen LogP) is 3.32. The van der Waals surface area contributed by atoms with Crippen molar-refractivity contribution in [1.29, 1.82) is 0 Å². The molecule has 0 aliphatic carbocycles. The average Bonchev–Trinajstić information content (AvgIpc) is 3.10. The van der Waals surface area contributed by atoms with Crippen LogP contribution in [0.1, 0.15) is 12.5 Å². The molecule has 0 saturated carbocycles. The normalized spacial score (nSPS) is 11.7. The molecule has 1 amide bonds. The maximum atomic E-state index is 12.4. The van der Waals surface area contributed by atoms with Gasteiger partial charge in [0.2, 0.25) is 5.91 Å². The first-order chi connectivity index (χ1) is 13.2. The van der Waals surface area contributed by atoms with Crippen molar-refractivity contribution in [3.8, 4) is 11.4 Å². The zero-order valence-corrected chi connectivity index (χ0v) is 15.9. The summed E-state index contributed by atoms with van der Waals surface area (Å²) < 4.78 is 1.95. The highest BCUT2D eigenvalue weighted by Gasteiger charge is 2.20. The molecule has 1 atom stereocenters. The lowest BCUT2D eigenvalue weighted by atomic mass is 10.2. The van der Waals surface area contributed by atoms with Crippen LogP contribution in [0.2, 0.25) is 0 Å². The van der Waals surface area contributed by atoms with E-state index in [1.165, 1.54) is 11.8 Å². The van der Waals surface area contributed by atoms with Gasteiger partial charge in [-0.3, -0.25) is 14.3 Å². The van der Waals surface area contributed by atoms with Gasteiger partial charge in [0, 0.05) is 31.0 Å². The lowest BCUT2D eigenvalue weighted by Crippen LogP contribution is -2.30. The van der Waals surface area contributed by atoms with Crippen LogP contribution in [0.3, 0.4) is 0 Å². The van der Waals surface area contributed by atoms with E-state index in [1.54, 1.807) is 18.5 Å². The molecule has 2 aromatic heterocycles. The van der Waals surface area contributed by atoms with E-state index in [1.807, 2.05) is 54.0 Å². The van der Waals surface area contributed by atoms with Gasteiger partial charge in [0.05, 0.1) is 5.25 Å². The Kier molecular flexibility index (Phi) is 6.38. The van der Waals surface area contributed by atoms with Crippen molar-refractivity contribution in [2.75, 3.05) is 0 Å². The van der Waals surface area contributed by atoms with Crippen LogP contribution in [0.4, 0.5) is 0 Å². The third-order valence-electron chi connectivity index (χ3n) is 3.93. The molecule has 0 spiro atoms. The summed E-state index contributed by atoms with van der Waals surface area (Å²) in [5, 5.41) is 11.9. The second-order valence-electron chi connectivity index (χ2n) is 5.90. The molecule has 27 heavy (non-hydrogen) atoms. The minimum atomic E-state index is -0.299. The van der Waals surface area contributed by atoms with E-state index >= 15 is 0 Å². The molecule has 3 aromatic rings. The van der Waals surface area contributed by atoms with E-state index in [-0.39, 0.29) is 11.2 Å². The fourth-order valence-corrected chi connectivity index (χ4v) is 3.41. The van der Waals surface area contributed by atoms with Gasteiger partial charge in [-0.05, 0) is 24.6 Å². The fourth-order valence-electron chi connectivity index (χ4n) is 2.52. The quantitative estimate of drug-likeness (QED) is 0.480. The molecule has 1 aromatic carbocycles. The van der Waals surface area contributed by atoms with Gasteiger partial charge < -0.3 is 5.32 Å². The van der Waals surface area contributed by atoms with Gasteiger partial charge in [0.15, 0.2) is 11.0 Å². The summed E-state index contributed by atoms with van der Waals surface area (Å²) in [5.74, 6) is 0.694. The molecule has 138 valence electrons. The summed E-state index contributed by atoms with van der Waals surface area (Å²) >= 11 is 1.38. The van der Waals surface area contributed by atoms with E-state index in [9.17, 15) is 4.79 Å². The third kappa shape index (κ3) is 4.83. The highest BCUT2D eigenvalue weighted by atomic mass is 32.2. The van der Waals surface area contributed by atoms with Crippen LogP contribution in [-0.2, 0) is 17.9 Å². The molecule has 3 rings (SSSR count). The Labute approximate surface area is 162 Å². The maximum absolute atomic E-state index is 12.4. The second-order valence-corrected chi connectivity index (χ2v) is 7.21. The number of hydrogen-bond acceptors (Lipinski definition) is 5. The SMILES string of the molecule is C=CCn1c(S[C@H](C)C(=O)NCc2ccccc2)nnc1-c1ccncc1. The number of hydrogen-bond donors (Lipinski definition) is 1. The Morgan fingerprint density at radius 1 is 1.22 bits per heavy atom. The Hall–Kier alpha value is -2.93. The van der Waals surface area contributed by atoms with Gasteiger partial charge >= 0.3 is 0 Å². The molecule has 6 nitrogen and oxygen atoms in total. The number of rotatable bonds is 8. The first kappa shape index (κ1) is 18.8. The van der Waals surface area contributed by atoms with Crippen LogP contribution in [0.25, 0.3) is 11.4 Å². The maximum Gasteiger partial charge on any atom is 0.233 e. The van der Waals surface area contributed by atoms with Gasteiger partial charge in [-0.2, -0.15) is 0 Å². The lowest BCUT2D eigenvalue weighted by molar-refractivity contribution is -0.120. The third-order valence-corrected chi connectivity index (χ3v) is 5.01. The summed E-state index contributed by atoms with van der Waals surface area (Å²) in [5.41, 5.74) is 1.99. The van der Waals surface area contributed by atoms with Gasteiger partial charge in [0.25, 0.3) is 0 Å². The monoisotopic (exact) mass is 379 g/mol. The molecular formula is C20H21N5OS. The molecule has 0 unspecified atom stereocenters. The Morgan fingerprint density at radius 3 is 2.67 bits per heavy atom. The van der Waals surface area contributed by atoms with Gasteiger partial charge in [0.1, 0.15) is 0 Å². The molecule has 0 bridgehead atoms. The predicted molar refractivity (Wildman–Crippen MR) is 107 cm³/mol. The van der Waals surface area contributed by atoms with Crippen molar-refractivity contribution in [2.45, 2.75) is 30.4 Å². The number of nitrogens with zero attached hydrogens (tertiary/aromatic N) is 4. The number of carbonyl (C=O) groups excluding carboxylic acids is 1. The fraction of sp³-hybridized carbons (Fsp3) is 0.200. The van der Waals surface area contributed by atoms with Crippen LogP contribution >= 0.6 is 11.8 Å². The summed E-state index contributed by atoms with van der Waals surface area (Å²) in [4.78, 5) is 16.5. The van der Waals surface area contributed by atoms with Gasteiger partial charge in [-0.1, -0.05) is 48.2 Å². The molecule has 0 saturated heterocycles. The summed E-state index contributed by atoms with van der Waals surface area (Å²) in [6.07, 6.45) is 5.22. The van der Waals surface area contributed by atoms with Crippen LogP contribution in [0.5, 0.6) is 0 Å². The summed E-state index contributed by atoms with van der Waals surface area (Å²) in [6.45, 7) is 6.74. The van der Waals surface area contributed by atoms with E-state index < -0.39 is 0 Å². The molecule has 1 N–H and O–H groups in total. The first-order valence-corrected chi connectivity index (χ1v) is 9.49. The van der Waals surface area contributed by atoms with Gasteiger partial charge in [-0.15, -0.1) is 16.8 Å². The highest BCUT2D eigenvalue weighted by Crippen LogP contribution is 2.26. The van der Waals surface area contributed by atoms with E-state index in [2.05, 4.69) is 27.1 Å². The lowest BCUT2D eigenvalue weighted by Gasteiger charge is -2.13. The zero-order valence-electron chi connectivity index (χ0n) is 15.1. The standard InChI is InChI=1S/C20H21N5OS/c1-3-13-25-18(17-9-11-21-12-10-17)23-24-20(25)27-15(2)19(26)22-14-16-7-5-4-6-8-16/h3-12,15H,1,13-14H2,2H3,(H,22,26)/t15-/m1/s1. The van der Waals surface area contributed by atoms with Crippen LogP contribution in [0, 0.1) is 0 Å². The number of benzene rings is 1. The summed E-state index contributed by atoms with van der Waals surface area (Å²) in [7, 11) is 0. The van der Waals surface area contributed by atoms with Crippen molar-refractivity contribution in [2.24, 2.45) is 0 Å². The van der Waals surface area contributed by atoms with Crippen LogP contribution in [0.15, 0.2) is 72.7 Å².